The fourth-order valence-corrected chi connectivity index (χ4v) is 4.21. The number of hydrogen-bond donors (Lipinski definition) is 2. The number of nitrogens with one attached hydrogen (secondary N) is 1. The quantitative estimate of drug-likeness (QED) is 0.464. The summed E-state index contributed by atoms with van der Waals surface area (Å²) in [6, 6.07) is 15.9. The second kappa shape index (κ2) is 10.5. The second-order valence-corrected chi connectivity index (χ2v) is 9.03. The monoisotopic (exact) mass is 408 g/mol. The SMILES string of the molecule is CN(Cc1ccccc1)S(=O)(=O)c1ccc(SCC(=O)NCCCO)cc1. The summed E-state index contributed by atoms with van der Waals surface area (Å²) < 4.78 is 26.7. The van der Waals surface area contributed by atoms with E-state index in [0.717, 1.165) is 10.5 Å². The van der Waals surface area contributed by atoms with Gasteiger partial charge in [0.05, 0.1) is 10.6 Å². The van der Waals surface area contributed by atoms with Crippen LogP contribution in [0, 0.1) is 0 Å². The van der Waals surface area contributed by atoms with Gasteiger partial charge in [-0.15, -0.1) is 11.8 Å². The lowest BCUT2D eigenvalue weighted by Crippen LogP contribution is -2.26. The van der Waals surface area contributed by atoms with Crippen molar-refractivity contribution < 1.29 is 18.3 Å². The molecule has 0 spiro atoms. The van der Waals surface area contributed by atoms with E-state index in [4.69, 9.17) is 5.11 Å². The highest BCUT2D eigenvalue weighted by molar-refractivity contribution is 8.00. The molecule has 2 aromatic rings. The highest BCUT2D eigenvalue weighted by atomic mass is 32.2. The lowest BCUT2D eigenvalue weighted by atomic mass is 10.2. The maximum absolute atomic E-state index is 12.7. The molecule has 0 aromatic heterocycles. The molecule has 0 saturated heterocycles. The van der Waals surface area contributed by atoms with Gasteiger partial charge in [-0.3, -0.25) is 4.79 Å². The van der Waals surface area contributed by atoms with E-state index >= 15 is 0 Å². The Hall–Kier alpha value is -1.87. The van der Waals surface area contributed by atoms with E-state index in [-0.39, 0.29) is 23.2 Å². The molecule has 0 radical (unpaired) electrons. The highest BCUT2D eigenvalue weighted by Gasteiger charge is 2.20. The zero-order chi connectivity index (χ0) is 19.7. The summed E-state index contributed by atoms with van der Waals surface area (Å²) in [5, 5.41) is 11.4. The number of aliphatic hydroxyl groups excluding tert-OH is 1. The van der Waals surface area contributed by atoms with Crippen molar-refractivity contribution in [2.75, 3.05) is 26.0 Å². The molecule has 2 aromatic carbocycles. The van der Waals surface area contributed by atoms with Gasteiger partial charge in [0, 0.05) is 31.6 Å². The first-order chi connectivity index (χ1) is 12.9. The number of sulfonamides is 1. The van der Waals surface area contributed by atoms with Gasteiger partial charge in [0.2, 0.25) is 15.9 Å². The standard InChI is InChI=1S/C19H24N2O4S2/c1-21(14-16-6-3-2-4-7-16)27(24,25)18-10-8-17(9-11-18)26-15-19(23)20-12-5-13-22/h2-4,6-11,22H,5,12-15H2,1H3,(H,20,23). The summed E-state index contributed by atoms with van der Waals surface area (Å²) in [6.07, 6.45) is 0.527. The van der Waals surface area contributed by atoms with Crippen molar-refractivity contribution in [1.29, 1.82) is 0 Å². The fraction of sp³-hybridized carbons (Fsp3) is 0.316. The largest absolute Gasteiger partial charge is 0.396 e. The molecule has 146 valence electrons. The first-order valence-corrected chi connectivity index (χ1v) is 11.0. The fourth-order valence-electron chi connectivity index (χ4n) is 2.32. The summed E-state index contributed by atoms with van der Waals surface area (Å²) in [5.41, 5.74) is 0.919. The van der Waals surface area contributed by atoms with Crippen molar-refractivity contribution in [2.45, 2.75) is 22.8 Å². The van der Waals surface area contributed by atoms with Gasteiger partial charge in [0.15, 0.2) is 0 Å². The topological polar surface area (TPSA) is 86.7 Å². The van der Waals surface area contributed by atoms with Gasteiger partial charge in [-0.05, 0) is 36.2 Å². The number of aliphatic hydroxyl groups is 1. The van der Waals surface area contributed by atoms with E-state index in [1.54, 1.807) is 31.3 Å². The van der Waals surface area contributed by atoms with Crippen LogP contribution in [0.15, 0.2) is 64.4 Å². The first kappa shape index (κ1) is 21.4. The number of benzene rings is 2. The number of carbonyl (C=O) groups excluding carboxylic acids is 1. The molecule has 27 heavy (non-hydrogen) atoms. The van der Waals surface area contributed by atoms with Crippen LogP contribution in [-0.4, -0.2) is 49.7 Å². The van der Waals surface area contributed by atoms with Gasteiger partial charge >= 0.3 is 0 Å². The minimum atomic E-state index is -3.58. The van der Waals surface area contributed by atoms with Crippen LogP contribution < -0.4 is 5.32 Å². The van der Waals surface area contributed by atoms with Gasteiger partial charge in [-0.2, -0.15) is 4.31 Å². The van der Waals surface area contributed by atoms with Crippen LogP contribution in [-0.2, 0) is 21.4 Å². The summed E-state index contributed by atoms with van der Waals surface area (Å²) in [5.74, 6) is 0.124. The average Bonchev–Trinajstić information content (AvgIpc) is 2.67. The molecule has 0 aliphatic heterocycles. The maximum Gasteiger partial charge on any atom is 0.243 e. The van der Waals surface area contributed by atoms with Gasteiger partial charge in [-0.1, -0.05) is 30.3 Å². The lowest BCUT2D eigenvalue weighted by molar-refractivity contribution is -0.118. The third kappa shape index (κ3) is 6.66. The van der Waals surface area contributed by atoms with E-state index in [1.807, 2.05) is 30.3 Å². The van der Waals surface area contributed by atoms with Crippen molar-refractivity contribution in [3.8, 4) is 0 Å². The molecule has 0 fully saturated rings. The van der Waals surface area contributed by atoms with Crippen LogP contribution >= 0.6 is 11.8 Å². The maximum atomic E-state index is 12.7. The molecule has 0 saturated carbocycles. The molecule has 8 heteroatoms. The molecule has 0 aliphatic carbocycles. The number of hydrogen-bond acceptors (Lipinski definition) is 5. The van der Waals surface area contributed by atoms with Crippen LogP contribution in [0.2, 0.25) is 0 Å². The third-order valence-electron chi connectivity index (χ3n) is 3.81. The predicted molar refractivity (Wildman–Crippen MR) is 107 cm³/mol. The van der Waals surface area contributed by atoms with E-state index in [2.05, 4.69) is 5.32 Å². The Morgan fingerprint density at radius 2 is 1.78 bits per heavy atom. The van der Waals surface area contributed by atoms with Crippen molar-refractivity contribution in [3.63, 3.8) is 0 Å². The number of rotatable bonds is 10. The van der Waals surface area contributed by atoms with E-state index < -0.39 is 10.0 Å². The van der Waals surface area contributed by atoms with Crippen molar-refractivity contribution >= 4 is 27.7 Å². The summed E-state index contributed by atoms with van der Waals surface area (Å²) in [7, 11) is -2.02. The summed E-state index contributed by atoms with van der Waals surface area (Å²) >= 11 is 1.33. The normalized spacial score (nSPS) is 11.5. The lowest BCUT2D eigenvalue weighted by Gasteiger charge is -2.17. The molecule has 0 heterocycles. The smallest absolute Gasteiger partial charge is 0.243 e. The molecule has 2 rings (SSSR count). The number of thioether (sulfide) groups is 1. The second-order valence-electron chi connectivity index (χ2n) is 5.93. The zero-order valence-electron chi connectivity index (χ0n) is 15.2. The minimum absolute atomic E-state index is 0.0437. The molecule has 0 aliphatic rings. The Kier molecular flexibility index (Phi) is 8.30. The number of nitrogens with zero attached hydrogens (tertiary/aromatic N) is 1. The summed E-state index contributed by atoms with van der Waals surface area (Å²) in [6.45, 7) is 0.788. The molecular formula is C19H24N2O4S2. The minimum Gasteiger partial charge on any atom is -0.396 e. The Bertz CT molecular complexity index is 825. The van der Waals surface area contributed by atoms with Crippen LogP contribution in [0.1, 0.15) is 12.0 Å². The van der Waals surface area contributed by atoms with E-state index in [1.165, 1.54) is 16.1 Å². The van der Waals surface area contributed by atoms with E-state index in [9.17, 15) is 13.2 Å². The molecule has 2 N–H and O–H groups in total. The molecular weight excluding hydrogens is 384 g/mol. The van der Waals surface area contributed by atoms with E-state index in [0.29, 0.717) is 19.5 Å². The van der Waals surface area contributed by atoms with Crippen molar-refractivity contribution in [2.24, 2.45) is 0 Å². The Morgan fingerprint density at radius 1 is 1.11 bits per heavy atom. The summed E-state index contributed by atoms with van der Waals surface area (Å²) in [4.78, 5) is 12.7. The van der Waals surface area contributed by atoms with Gasteiger partial charge in [0.1, 0.15) is 0 Å². The highest BCUT2D eigenvalue weighted by Crippen LogP contribution is 2.22. The molecule has 6 nitrogen and oxygen atoms in total. The average molecular weight is 409 g/mol. The van der Waals surface area contributed by atoms with Crippen LogP contribution in [0.25, 0.3) is 0 Å². The number of amides is 1. The van der Waals surface area contributed by atoms with Crippen molar-refractivity contribution in [1.82, 2.24) is 9.62 Å². The zero-order valence-corrected chi connectivity index (χ0v) is 16.8. The van der Waals surface area contributed by atoms with Gasteiger partial charge in [0.25, 0.3) is 0 Å². The first-order valence-electron chi connectivity index (χ1n) is 8.54. The third-order valence-corrected chi connectivity index (χ3v) is 6.64. The Labute approximate surface area is 164 Å². The Morgan fingerprint density at radius 3 is 2.41 bits per heavy atom. The van der Waals surface area contributed by atoms with Crippen LogP contribution in [0.4, 0.5) is 0 Å². The Balaban J connectivity index is 1.93. The van der Waals surface area contributed by atoms with Crippen molar-refractivity contribution in [3.05, 3.63) is 60.2 Å². The number of carbonyl (C=O) groups is 1. The predicted octanol–water partition coefficient (Wildman–Crippen LogP) is 2.10. The van der Waals surface area contributed by atoms with Gasteiger partial charge in [-0.25, -0.2) is 8.42 Å². The molecule has 1 amide bonds. The van der Waals surface area contributed by atoms with Gasteiger partial charge < -0.3 is 10.4 Å². The molecule has 0 atom stereocenters. The molecule has 0 unspecified atom stereocenters. The van der Waals surface area contributed by atoms with Crippen LogP contribution in [0.5, 0.6) is 0 Å². The molecule has 0 bridgehead atoms. The van der Waals surface area contributed by atoms with Crippen LogP contribution in [0.3, 0.4) is 0 Å².